The standard InChI is InChI=1S/C10H15NO2/c1-7(2)4-10(12)6-9-5-8(3)13-11-9/h5,7H,4,6H2,1-3H3. The van der Waals surface area contributed by atoms with E-state index in [1.54, 1.807) is 6.07 Å². The third kappa shape index (κ3) is 3.40. The van der Waals surface area contributed by atoms with Crippen molar-refractivity contribution in [3.8, 4) is 0 Å². The van der Waals surface area contributed by atoms with Crippen LogP contribution in [0.25, 0.3) is 0 Å². The van der Waals surface area contributed by atoms with Crippen LogP contribution in [0.3, 0.4) is 0 Å². The molecule has 1 heterocycles. The summed E-state index contributed by atoms with van der Waals surface area (Å²) in [6.07, 6.45) is 1.02. The van der Waals surface area contributed by atoms with Crippen molar-refractivity contribution >= 4 is 5.78 Å². The molecule has 0 saturated heterocycles. The van der Waals surface area contributed by atoms with Crippen molar-refractivity contribution in [1.29, 1.82) is 0 Å². The van der Waals surface area contributed by atoms with Crippen molar-refractivity contribution in [2.75, 3.05) is 0 Å². The van der Waals surface area contributed by atoms with E-state index in [0.29, 0.717) is 18.8 Å². The average molecular weight is 181 g/mol. The summed E-state index contributed by atoms with van der Waals surface area (Å²) in [5, 5.41) is 3.77. The topological polar surface area (TPSA) is 43.1 Å². The van der Waals surface area contributed by atoms with Crippen LogP contribution in [-0.4, -0.2) is 10.9 Å². The van der Waals surface area contributed by atoms with E-state index in [9.17, 15) is 4.79 Å². The first kappa shape index (κ1) is 9.96. The van der Waals surface area contributed by atoms with Gasteiger partial charge in [-0.15, -0.1) is 0 Å². The maximum atomic E-state index is 11.4. The number of carbonyl (C=O) groups is 1. The molecule has 0 bridgehead atoms. The Kier molecular flexibility index (Phi) is 3.23. The van der Waals surface area contributed by atoms with Gasteiger partial charge >= 0.3 is 0 Å². The van der Waals surface area contributed by atoms with Crippen LogP contribution < -0.4 is 0 Å². The van der Waals surface area contributed by atoms with Crippen molar-refractivity contribution in [3.63, 3.8) is 0 Å². The summed E-state index contributed by atoms with van der Waals surface area (Å²) in [6.45, 7) is 5.89. The van der Waals surface area contributed by atoms with Gasteiger partial charge in [0.15, 0.2) is 0 Å². The number of aryl methyl sites for hydroxylation is 1. The van der Waals surface area contributed by atoms with Crippen molar-refractivity contribution in [3.05, 3.63) is 17.5 Å². The molecule has 1 aromatic heterocycles. The number of aromatic nitrogens is 1. The Morgan fingerprint density at radius 2 is 2.31 bits per heavy atom. The molecule has 0 atom stereocenters. The van der Waals surface area contributed by atoms with Gasteiger partial charge in [-0.1, -0.05) is 19.0 Å². The highest BCUT2D eigenvalue weighted by Crippen LogP contribution is 2.07. The third-order valence-electron chi connectivity index (χ3n) is 1.69. The van der Waals surface area contributed by atoms with Gasteiger partial charge < -0.3 is 4.52 Å². The van der Waals surface area contributed by atoms with Crippen molar-refractivity contribution < 1.29 is 9.32 Å². The minimum Gasteiger partial charge on any atom is -0.361 e. The lowest BCUT2D eigenvalue weighted by atomic mass is 10.0. The maximum Gasteiger partial charge on any atom is 0.139 e. The van der Waals surface area contributed by atoms with Gasteiger partial charge in [0, 0.05) is 12.5 Å². The summed E-state index contributed by atoms with van der Waals surface area (Å²) in [6, 6.07) is 1.80. The maximum absolute atomic E-state index is 11.4. The molecule has 3 nitrogen and oxygen atoms in total. The first-order valence-corrected chi connectivity index (χ1v) is 4.52. The van der Waals surface area contributed by atoms with Crippen LogP contribution in [0.1, 0.15) is 31.7 Å². The second kappa shape index (κ2) is 4.21. The van der Waals surface area contributed by atoms with Gasteiger partial charge in [-0.25, -0.2) is 0 Å². The van der Waals surface area contributed by atoms with Crippen LogP contribution in [0.5, 0.6) is 0 Å². The Morgan fingerprint density at radius 1 is 1.62 bits per heavy atom. The zero-order valence-electron chi connectivity index (χ0n) is 8.33. The number of Topliss-reactive ketones (excluding diaryl/α,β-unsaturated/α-hetero) is 1. The SMILES string of the molecule is Cc1cc(CC(=O)CC(C)C)no1. The fraction of sp³-hybridized carbons (Fsp3) is 0.600. The van der Waals surface area contributed by atoms with Gasteiger partial charge in [-0.2, -0.15) is 0 Å². The highest BCUT2D eigenvalue weighted by molar-refractivity contribution is 5.80. The quantitative estimate of drug-likeness (QED) is 0.714. The molecule has 0 aliphatic rings. The summed E-state index contributed by atoms with van der Waals surface area (Å²) in [4.78, 5) is 11.4. The highest BCUT2D eigenvalue weighted by atomic mass is 16.5. The smallest absolute Gasteiger partial charge is 0.139 e. The normalized spacial score (nSPS) is 10.8. The van der Waals surface area contributed by atoms with Gasteiger partial charge in [-0.05, 0) is 12.8 Å². The Morgan fingerprint density at radius 3 is 2.77 bits per heavy atom. The van der Waals surface area contributed by atoms with Gasteiger partial charge in [0.2, 0.25) is 0 Å². The molecule has 13 heavy (non-hydrogen) atoms. The van der Waals surface area contributed by atoms with Crippen LogP contribution in [0.2, 0.25) is 0 Å². The Bertz CT molecular complexity index is 289. The molecule has 0 unspecified atom stereocenters. The molecular formula is C10H15NO2. The molecule has 1 aromatic rings. The number of ketones is 1. The summed E-state index contributed by atoms with van der Waals surface area (Å²) in [7, 11) is 0. The molecule has 3 heteroatoms. The molecule has 0 amide bonds. The second-order valence-electron chi connectivity index (χ2n) is 3.74. The van der Waals surface area contributed by atoms with E-state index >= 15 is 0 Å². The molecule has 0 N–H and O–H groups in total. The Hall–Kier alpha value is -1.12. The molecule has 0 fully saturated rings. The van der Waals surface area contributed by atoms with Gasteiger partial charge in [0.25, 0.3) is 0 Å². The Labute approximate surface area is 78.1 Å². The largest absolute Gasteiger partial charge is 0.361 e. The molecule has 72 valence electrons. The minimum atomic E-state index is 0.225. The molecular weight excluding hydrogens is 166 g/mol. The predicted octanol–water partition coefficient (Wildman–Crippen LogP) is 2.14. The van der Waals surface area contributed by atoms with E-state index in [0.717, 1.165) is 11.5 Å². The second-order valence-corrected chi connectivity index (χ2v) is 3.74. The average Bonchev–Trinajstić information content (AvgIpc) is 2.33. The lowest BCUT2D eigenvalue weighted by Gasteiger charge is -2.00. The lowest BCUT2D eigenvalue weighted by molar-refractivity contribution is -0.119. The van der Waals surface area contributed by atoms with Crippen LogP contribution in [0, 0.1) is 12.8 Å². The molecule has 0 saturated carbocycles. The van der Waals surface area contributed by atoms with Gasteiger partial charge in [0.05, 0.1) is 12.1 Å². The highest BCUT2D eigenvalue weighted by Gasteiger charge is 2.08. The molecule has 0 aliphatic carbocycles. The fourth-order valence-electron chi connectivity index (χ4n) is 1.23. The van der Waals surface area contributed by atoms with Crippen molar-refractivity contribution in [2.45, 2.75) is 33.6 Å². The summed E-state index contributed by atoms with van der Waals surface area (Å²) < 4.78 is 4.87. The molecule has 0 aromatic carbocycles. The Balaban J connectivity index is 2.45. The molecule has 0 aliphatic heterocycles. The zero-order chi connectivity index (χ0) is 9.84. The molecule has 1 rings (SSSR count). The van der Waals surface area contributed by atoms with Gasteiger partial charge in [-0.3, -0.25) is 4.79 Å². The lowest BCUT2D eigenvalue weighted by Crippen LogP contribution is -2.06. The molecule has 0 spiro atoms. The van der Waals surface area contributed by atoms with E-state index in [4.69, 9.17) is 4.52 Å². The fourth-order valence-corrected chi connectivity index (χ4v) is 1.23. The van der Waals surface area contributed by atoms with Crippen LogP contribution in [-0.2, 0) is 11.2 Å². The van der Waals surface area contributed by atoms with Crippen molar-refractivity contribution in [1.82, 2.24) is 5.16 Å². The first-order chi connectivity index (χ1) is 6.08. The van der Waals surface area contributed by atoms with E-state index in [-0.39, 0.29) is 5.78 Å². The van der Waals surface area contributed by atoms with Gasteiger partial charge in [0.1, 0.15) is 11.5 Å². The number of carbonyl (C=O) groups excluding carboxylic acids is 1. The van der Waals surface area contributed by atoms with Crippen molar-refractivity contribution in [2.24, 2.45) is 5.92 Å². The zero-order valence-corrected chi connectivity index (χ0v) is 8.33. The van der Waals surface area contributed by atoms with E-state index < -0.39 is 0 Å². The predicted molar refractivity (Wildman–Crippen MR) is 49.4 cm³/mol. The van der Waals surface area contributed by atoms with E-state index in [2.05, 4.69) is 5.16 Å². The summed E-state index contributed by atoms with van der Waals surface area (Å²) in [5.74, 6) is 1.40. The third-order valence-corrected chi connectivity index (χ3v) is 1.69. The van der Waals surface area contributed by atoms with Crippen LogP contribution in [0.15, 0.2) is 10.6 Å². The minimum absolute atomic E-state index is 0.225. The van der Waals surface area contributed by atoms with E-state index in [1.807, 2.05) is 20.8 Å². The molecule has 0 radical (unpaired) electrons. The first-order valence-electron chi connectivity index (χ1n) is 4.52. The van der Waals surface area contributed by atoms with E-state index in [1.165, 1.54) is 0 Å². The van der Waals surface area contributed by atoms with Crippen LogP contribution in [0.4, 0.5) is 0 Å². The summed E-state index contributed by atoms with van der Waals surface area (Å²) >= 11 is 0. The summed E-state index contributed by atoms with van der Waals surface area (Å²) in [5.41, 5.74) is 0.739. The number of hydrogen-bond acceptors (Lipinski definition) is 3. The number of hydrogen-bond donors (Lipinski definition) is 0. The number of nitrogens with zero attached hydrogens (tertiary/aromatic N) is 1. The number of rotatable bonds is 4. The monoisotopic (exact) mass is 181 g/mol. The van der Waals surface area contributed by atoms with Crippen LogP contribution >= 0.6 is 0 Å².